The van der Waals surface area contributed by atoms with E-state index in [-0.39, 0.29) is 11.8 Å². The lowest BCUT2D eigenvalue weighted by Gasteiger charge is -2.08. The second-order valence-corrected chi connectivity index (χ2v) is 7.60. The first-order valence-electron chi connectivity index (χ1n) is 9.56. The molecule has 5 rings (SSSR count). The highest BCUT2D eigenvalue weighted by Gasteiger charge is 2.54. The number of nitrogens with one attached hydrogen (secondary N) is 1. The summed E-state index contributed by atoms with van der Waals surface area (Å²) in [6.07, 6.45) is 6.78. The lowest BCUT2D eigenvalue weighted by Crippen LogP contribution is -2.20. The molecule has 1 N–H and O–H groups in total. The number of benzene rings is 3. The second-order valence-electron chi connectivity index (χ2n) is 7.60. The molecule has 0 saturated heterocycles. The molecule has 2 saturated carbocycles. The first kappa shape index (κ1) is 15.6. The third-order valence-electron chi connectivity index (χ3n) is 6.14. The van der Waals surface area contributed by atoms with Crippen molar-refractivity contribution in [2.75, 3.05) is 0 Å². The Bertz CT molecular complexity index is 957. The fourth-order valence-electron chi connectivity index (χ4n) is 4.80. The van der Waals surface area contributed by atoms with E-state index in [9.17, 15) is 4.79 Å². The molecule has 0 aromatic heterocycles. The molecule has 130 valence electrons. The predicted octanol–water partition coefficient (Wildman–Crippen LogP) is 4.88. The zero-order valence-corrected chi connectivity index (χ0v) is 14.7. The van der Waals surface area contributed by atoms with Crippen LogP contribution in [-0.2, 0) is 4.79 Å². The minimum absolute atomic E-state index is 0.0997. The monoisotopic (exact) mass is 342 g/mol. The van der Waals surface area contributed by atoms with Crippen molar-refractivity contribution in [2.45, 2.75) is 25.7 Å². The van der Waals surface area contributed by atoms with Crippen molar-refractivity contribution >= 4 is 33.7 Å². The highest BCUT2D eigenvalue weighted by Crippen LogP contribution is 2.55. The lowest BCUT2D eigenvalue weighted by molar-refractivity contribution is -0.122. The second kappa shape index (κ2) is 6.24. The van der Waals surface area contributed by atoms with Crippen LogP contribution in [0, 0.1) is 17.8 Å². The number of hydrogen-bond donors (Lipinski definition) is 1. The summed E-state index contributed by atoms with van der Waals surface area (Å²) in [6, 6.07) is 18.8. The van der Waals surface area contributed by atoms with Gasteiger partial charge in [-0.3, -0.25) is 4.79 Å². The molecule has 1 amide bonds. The lowest BCUT2D eigenvalue weighted by atomic mass is 9.97. The van der Waals surface area contributed by atoms with Crippen LogP contribution in [-0.4, -0.2) is 12.1 Å². The predicted molar refractivity (Wildman–Crippen MR) is 106 cm³/mol. The number of nitrogens with zero attached hydrogens (tertiary/aromatic N) is 1. The van der Waals surface area contributed by atoms with Gasteiger partial charge in [-0.05, 0) is 52.3 Å². The van der Waals surface area contributed by atoms with E-state index in [1.54, 1.807) is 0 Å². The molecule has 0 spiro atoms. The van der Waals surface area contributed by atoms with Gasteiger partial charge in [0.25, 0.3) is 0 Å². The summed E-state index contributed by atoms with van der Waals surface area (Å²) in [5, 5.41) is 9.02. The summed E-state index contributed by atoms with van der Waals surface area (Å²) in [4.78, 5) is 12.5. The highest BCUT2D eigenvalue weighted by atomic mass is 16.2. The average molecular weight is 342 g/mol. The van der Waals surface area contributed by atoms with Crippen LogP contribution in [0.15, 0.2) is 59.7 Å². The Kier molecular flexibility index (Phi) is 3.74. The van der Waals surface area contributed by atoms with Crippen molar-refractivity contribution in [1.82, 2.24) is 5.43 Å². The Morgan fingerprint density at radius 3 is 2.12 bits per heavy atom. The van der Waals surface area contributed by atoms with Gasteiger partial charge < -0.3 is 0 Å². The molecule has 0 bridgehead atoms. The summed E-state index contributed by atoms with van der Waals surface area (Å²) >= 11 is 0. The zero-order valence-electron chi connectivity index (χ0n) is 14.7. The van der Waals surface area contributed by atoms with Crippen molar-refractivity contribution in [3.8, 4) is 0 Å². The third kappa shape index (κ3) is 2.59. The van der Waals surface area contributed by atoms with Crippen LogP contribution in [0.2, 0.25) is 0 Å². The maximum absolute atomic E-state index is 12.5. The van der Waals surface area contributed by atoms with Crippen molar-refractivity contribution < 1.29 is 4.79 Å². The van der Waals surface area contributed by atoms with Crippen LogP contribution < -0.4 is 5.43 Å². The van der Waals surface area contributed by atoms with E-state index in [0.717, 1.165) is 16.3 Å². The molecule has 2 aliphatic rings. The molecule has 0 aliphatic heterocycles. The van der Waals surface area contributed by atoms with Crippen LogP contribution in [0.3, 0.4) is 0 Å². The van der Waals surface area contributed by atoms with E-state index in [0.29, 0.717) is 11.8 Å². The van der Waals surface area contributed by atoms with Gasteiger partial charge in [-0.25, -0.2) is 5.43 Å². The van der Waals surface area contributed by atoms with Crippen LogP contribution in [0.1, 0.15) is 31.2 Å². The molecule has 26 heavy (non-hydrogen) atoms. The van der Waals surface area contributed by atoms with E-state index in [4.69, 9.17) is 0 Å². The Morgan fingerprint density at radius 1 is 0.923 bits per heavy atom. The standard InChI is InChI=1S/C23H22N2O/c26-23(22-19-11-5-6-12-20(19)22)25-24-14-21-17-9-3-1-7-15(17)13-16-8-2-4-10-18(16)21/h1-4,7-10,13-14,19-20,22H,5-6,11-12H2,(H,25,26)/b24-14-. The molecule has 3 aromatic rings. The van der Waals surface area contributed by atoms with Crippen LogP contribution >= 0.6 is 0 Å². The SMILES string of the molecule is O=C(N/N=C\c1c2ccccc2cc2ccccc12)C1C2CCCCC21. The maximum Gasteiger partial charge on any atom is 0.243 e. The Morgan fingerprint density at radius 2 is 1.50 bits per heavy atom. The fraction of sp³-hybridized carbons (Fsp3) is 0.304. The summed E-state index contributed by atoms with van der Waals surface area (Å²) in [7, 11) is 0. The van der Waals surface area contributed by atoms with Gasteiger partial charge in [0.2, 0.25) is 5.91 Å². The van der Waals surface area contributed by atoms with E-state index < -0.39 is 0 Å². The van der Waals surface area contributed by atoms with Gasteiger partial charge in [-0.15, -0.1) is 0 Å². The third-order valence-corrected chi connectivity index (χ3v) is 6.14. The zero-order chi connectivity index (χ0) is 17.5. The molecule has 2 atom stereocenters. The molecule has 2 aliphatic carbocycles. The Balaban J connectivity index is 1.44. The molecule has 2 unspecified atom stereocenters. The maximum atomic E-state index is 12.5. The smallest absolute Gasteiger partial charge is 0.243 e. The van der Waals surface area contributed by atoms with Gasteiger partial charge in [0, 0.05) is 11.5 Å². The molecule has 3 nitrogen and oxygen atoms in total. The topological polar surface area (TPSA) is 41.5 Å². The molecule has 3 heteroatoms. The van der Waals surface area contributed by atoms with E-state index in [1.807, 2.05) is 18.3 Å². The Hall–Kier alpha value is -2.68. The summed E-state index contributed by atoms with van der Waals surface area (Å²) in [5.74, 6) is 1.51. The normalized spacial score (nSPS) is 24.7. The van der Waals surface area contributed by atoms with Crippen molar-refractivity contribution in [2.24, 2.45) is 22.9 Å². The number of amides is 1. The number of rotatable bonds is 3. The van der Waals surface area contributed by atoms with E-state index in [2.05, 4.69) is 53.0 Å². The van der Waals surface area contributed by atoms with Gasteiger partial charge in [0.15, 0.2) is 0 Å². The highest BCUT2D eigenvalue weighted by molar-refractivity contribution is 6.13. The minimum Gasteiger partial charge on any atom is -0.273 e. The number of hydrazone groups is 1. The number of fused-ring (bicyclic) bond motifs is 3. The molecule has 0 radical (unpaired) electrons. The Labute approximate surface area is 153 Å². The van der Waals surface area contributed by atoms with Gasteiger partial charge in [0.05, 0.1) is 6.21 Å². The van der Waals surface area contributed by atoms with E-state index >= 15 is 0 Å². The molecule has 0 heterocycles. The first-order chi connectivity index (χ1) is 12.8. The van der Waals surface area contributed by atoms with Gasteiger partial charge >= 0.3 is 0 Å². The van der Waals surface area contributed by atoms with Crippen LogP contribution in [0.5, 0.6) is 0 Å². The van der Waals surface area contributed by atoms with E-state index in [1.165, 1.54) is 36.5 Å². The van der Waals surface area contributed by atoms with Crippen molar-refractivity contribution in [3.05, 3.63) is 60.2 Å². The molecular weight excluding hydrogens is 320 g/mol. The van der Waals surface area contributed by atoms with Gasteiger partial charge in [-0.2, -0.15) is 5.10 Å². The summed E-state index contributed by atoms with van der Waals surface area (Å²) in [6.45, 7) is 0. The van der Waals surface area contributed by atoms with Gasteiger partial charge in [0.1, 0.15) is 0 Å². The fourth-order valence-corrected chi connectivity index (χ4v) is 4.80. The average Bonchev–Trinajstić information content (AvgIpc) is 3.42. The first-order valence-corrected chi connectivity index (χ1v) is 9.56. The van der Waals surface area contributed by atoms with Crippen LogP contribution in [0.25, 0.3) is 21.5 Å². The van der Waals surface area contributed by atoms with Crippen molar-refractivity contribution in [3.63, 3.8) is 0 Å². The summed E-state index contributed by atoms with van der Waals surface area (Å²) in [5.41, 5.74) is 3.87. The molecule has 2 fully saturated rings. The van der Waals surface area contributed by atoms with Crippen molar-refractivity contribution in [1.29, 1.82) is 0 Å². The number of carbonyl (C=O) groups is 1. The van der Waals surface area contributed by atoms with Crippen LogP contribution in [0.4, 0.5) is 0 Å². The molecular formula is C23H22N2O. The quantitative estimate of drug-likeness (QED) is 0.411. The molecule has 3 aromatic carbocycles. The number of hydrogen-bond acceptors (Lipinski definition) is 2. The minimum atomic E-state index is 0.0997. The largest absolute Gasteiger partial charge is 0.273 e. The van der Waals surface area contributed by atoms with Gasteiger partial charge in [-0.1, -0.05) is 61.4 Å². The summed E-state index contributed by atoms with van der Waals surface area (Å²) < 4.78 is 0. The number of carbonyl (C=O) groups excluding carboxylic acids is 1.